The summed E-state index contributed by atoms with van der Waals surface area (Å²) < 4.78 is 50.6. The molecular formula is C19H20F4N3O+. The monoisotopic (exact) mass is 382 g/mol. The average Bonchev–Trinajstić information content (AvgIpc) is 2.64. The van der Waals surface area contributed by atoms with Crippen LogP contribution in [0.15, 0.2) is 48.5 Å². The average molecular weight is 382 g/mol. The first kappa shape index (κ1) is 19.2. The smallest absolute Gasteiger partial charge is 0.360 e. The molecule has 1 amide bonds. The summed E-state index contributed by atoms with van der Waals surface area (Å²) in [6, 6.07) is 13.0. The first-order valence-electron chi connectivity index (χ1n) is 8.63. The Morgan fingerprint density at radius 1 is 1.04 bits per heavy atom. The molecule has 8 heteroatoms. The maximum absolute atomic E-state index is 13.8. The van der Waals surface area contributed by atoms with E-state index in [0.29, 0.717) is 12.1 Å². The first-order chi connectivity index (χ1) is 12.8. The molecule has 1 aliphatic heterocycles. The minimum absolute atomic E-state index is 0.102. The lowest BCUT2D eigenvalue weighted by atomic mass is 10.1. The molecule has 1 heterocycles. The van der Waals surface area contributed by atoms with Gasteiger partial charge in [0.25, 0.3) is 0 Å². The van der Waals surface area contributed by atoms with Crippen molar-refractivity contribution >= 4 is 17.3 Å². The fraction of sp³-hybridized carbons (Fsp3) is 0.316. The molecule has 2 aromatic carbocycles. The van der Waals surface area contributed by atoms with Crippen molar-refractivity contribution in [3.05, 3.63) is 59.9 Å². The summed E-state index contributed by atoms with van der Waals surface area (Å²) in [6.45, 7) is 3.82. The number of rotatable bonds is 4. The highest BCUT2D eigenvalue weighted by Crippen LogP contribution is 2.21. The van der Waals surface area contributed by atoms with Crippen LogP contribution in [0.3, 0.4) is 0 Å². The molecule has 1 saturated heterocycles. The van der Waals surface area contributed by atoms with Crippen molar-refractivity contribution in [2.45, 2.75) is 12.7 Å². The number of anilines is 2. The zero-order chi connectivity index (χ0) is 19.4. The van der Waals surface area contributed by atoms with Crippen molar-refractivity contribution in [1.82, 2.24) is 0 Å². The van der Waals surface area contributed by atoms with E-state index in [-0.39, 0.29) is 11.5 Å². The van der Waals surface area contributed by atoms with Crippen LogP contribution in [0.25, 0.3) is 0 Å². The van der Waals surface area contributed by atoms with Crippen LogP contribution < -0.4 is 15.1 Å². The number of hydrogen-bond acceptors (Lipinski definition) is 2. The zero-order valence-electron chi connectivity index (χ0n) is 14.5. The molecule has 0 saturated carbocycles. The van der Waals surface area contributed by atoms with Crippen LogP contribution in [0.4, 0.5) is 28.9 Å². The van der Waals surface area contributed by atoms with Crippen molar-refractivity contribution in [2.75, 3.05) is 36.4 Å². The molecule has 1 aliphatic rings. The van der Waals surface area contributed by atoms with E-state index < -0.39 is 12.1 Å². The minimum atomic E-state index is -4.91. The van der Waals surface area contributed by atoms with Crippen LogP contribution in [0, 0.1) is 5.82 Å². The Bertz CT molecular complexity index is 784. The van der Waals surface area contributed by atoms with Crippen molar-refractivity contribution in [1.29, 1.82) is 0 Å². The number of halogens is 4. The molecule has 27 heavy (non-hydrogen) atoms. The van der Waals surface area contributed by atoms with Gasteiger partial charge in [0.2, 0.25) is 0 Å². The quantitative estimate of drug-likeness (QED) is 0.796. The van der Waals surface area contributed by atoms with E-state index in [2.05, 4.69) is 4.90 Å². The van der Waals surface area contributed by atoms with E-state index in [0.717, 1.165) is 31.9 Å². The van der Waals surface area contributed by atoms with Gasteiger partial charge in [-0.3, -0.25) is 4.79 Å². The second-order valence-corrected chi connectivity index (χ2v) is 6.50. The summed E-state index contributed by atoms with van der Waals surface area (Å²) >= 11 is 0. The van der Waals surface area contributed by atoms with Crippen LogP contribution in [0.2, 0.25) is 0 Å². The van der Waals surface area contributed by atoms with Gasteiger partial charge in [0, 0.05) is 16.9 Å². The lowest BCUT2D eigenvalue weighted by Crippen LogP contribution is -3.13. The number of carbonyl (C=O) groups excluding carboxylic acids is 1. The maximum Gasteiger partial charge on any atom is 0.471 e. The third-order valence-corrected chi connectivity index (χ3v) is 4.62. The van der Waals surface area contributed by atoms with E-state index >= 15 is 0 Å². The molecule has 2 N–H and O–H groups in total. The van der Waals surface area contributed by atoms with E-state index in [1.807, 2.05) is 11.4 Å². The number of alkyl halides is 3. The van der Waals surface area contributed by atoms with E-state index in [1.54, 1.807) is 24.3 Å². The Morgan fingerprint density at radius 3 is 2.26 bits per heavy atom. The van der Waals surface area contributed by atoms with Gasteiger partial charge in [0.1, 0.15) is 12.4 Å². The Kier molecular flexibility index (Phi) is 5.65. The van der Waals surface area contributed by atoms with Crippen LogP contribution >= 0.6 is 0 Å². The van der Waals surface area contributed by atoms with Gasteiger partial charge in [0.05, 0.1) is 26.2 Å². The number of hydrogen-bond donors (Lipinski definition) is 2. The Hall–Kier alpha value is -2.61. The van der Waals surface area contributed by atoms with Gasteiger partial charge in [-0.25, -0.2) is 4.39 Å². The van der Waals surface area contributed by atoms with E-state index in [9.17, 15) is 22.4 Å². The van der Waals surface area contributed by atoms with Gasteiger partial charge in [0.15, 0.2) is 0 Å². The second-order valence-electron chi connectivity index (χ2n) is 6.50. The fourth-order valence-corrected chi connectivity index (χ4v) is 3.13. The summed E-state index contributed by atoms with van der Waals surface area (Å²) in [5, 5.41) is 1.83. The number of nitrogens with zero attached hydrogens (tertiary/aromatic N) is 1. The number of carbonyl (C=O) groups is 1. The summed E-state index contributed by atoms with van der Waals surface area (Å²) in [6.07, 6.45) is -4.91. The standard InChI is InChI=1S/C19H19F4N3O/c20-17-4-2-1-3-14(17)13-25-9-11-26(12-10-25)16-7-5-15(6-8-16)24-18(27)19(21,22)23/h1-8H,9-13H2,(H,24,27)/p+1. The second kappa shape index (κ2) is 7.96. The molecule has 0 bridgehead atoms. The topological polar surface area (TPSA) is 36.8 Å². The Balaban J connectivity index is 1.54. The lowest BCUT2D eigenvalue weighted by Gasteiger charge is -2.33. The summed E-state index contributed by atoms with van der Waals surface area (Å²) in [5.74, 6) is -2.18. The molecule has 1 fully saturated rings. The minimum Gasteiger partial charge on any atom is -0.360 e. The van der Waals surface area contributed by atoms with Gasteiger partial charge in [-0.2, -0.15) is 13.2 Å². The first-order valence-corrected chi connectivity index (χ1v) is 8.63. The molecule has 0 unspecified atom stereocenters. The maximum atomic E-state index is 13.8. The molecule has 0 spiro atoms. The zero-order valence-corrected chi connectivity index (χ0v) is 14.5. The molecule has 0 aliphatic carbocycles. The van der Waals surface area contributed by atoms with Crippen LogP contribution in [0.1, 0.15) is 5.56 Å². The lowest BCUT2D eigenvalue weighted by molar-refractivity contribution is -0.914. The highest BCUT2D eigenvalue weighted by Gasteiger charge is 2.38. The van der Waals surface area contributed by atoms with Crippen molar-refractivity contribution in [3.8, 4) is 0 Å². The molecule has 144 valence electrons. The molecular weight excluding hydrogens is 362 g/mol. The predicted molar refractivity (Wildman–Crippen MR) is 94.1 cm³/mol. The molecule has 0 radical (unpaired) electrons. The number of nitrogens with one attached hydrogen (secondary N) is 2. The summed E-state index contributed by atoms with van der Waals surface area (Å²) in [4.78, 5) is 14.4. The predicted octanol–water partition coefficient (Wildman–Crippen LogP) is 2.23. The third-order valence-electron chi connectivity index (χ3n) is 4.62. The number of quaternary nitrogens is 1. The third kappa shape index (κ3) is 4.97. The molecule has 3 rings (SSSR count). The summed E-state index contributed by atoms with van der Waals surface area (Å²) in [5.41, 5.74) is 1.68. The normalized spacial score (nSPS) is 15.6. The summed E-state index contributed by atoms with van der Waals surface area (Å²) in [7, 11) is 0. The Morgan fingerprint density at radius 2 is 1.67 bits per heavy atom. The highest BCUT2D eigenvalue weighted by molar-refractivity contribution is 5.95. The Labute approximate surface area is 154 Å². The number of amides is 1. The fourth-order valence-electron chi connectivity index (χ4n) is 3.13. The van der Waals surface area contributed by atoms with Crippen LogP contribution in [-0.4, -0.2) is 38.3 Å². The molecule has 0 atom stereocenters. The molecule has 4 nitrogen and oxygen atoms in total. The molecule has 2 aromatic rings. The largest absolute Gasteiger partial charge is 0.471 e. The van der Waals surface area contributed by atoms with E-state index in [1.165, 1.54) is 23.1 Å². The SMILES string of the molecule is O=C(Nc1ccc(N2CC[NH+](Cc3ccccc3F)CC2)cc1)C(F)(F)F. The van der Waals surface area contributed by atoms with Gasteiger partial charge in [-0.15, -0.1) is 0 Å². The van der Waals surface area contributed by atoms with Crippen molar-refractivity contribution in [3.63, 3.8) is 0 Å². The number of benzene rings is 2. The van der Waals surface area contributed by atoms with E-state index in [4.69, 9.17) is 0 Å². The van der Waals surface area contributed by atoms with Crippen LogP contribution in [0.5, 0.6) is 0 Å². The number of piperazine rings is 1. The van der Waals surface area contributed by atoms with Crippen molar-refractivity contribution < 1.29 is 27.3 Å². The van der Waals surface area contributed by atoms with Gasteiger partial charge >= 0.3 is 12.1 Å². The van der Waals surface area contributed by atoms with Crippen molar-refractivity contribution in [2.24, 2.45) is 0 Å². The van der Waals surface area contributed by atoms with Gasteiger partial charge in [-0.05, 0) is 30.3 Å². The van der Waals surface area contributed by atoms with Gasteiger partial charge < -0.3 is 15.1 Å². The van der Waals surface area contributed by atoms with Crippen LogP contribution in [-0.2, 0) is 11.3 Å². The highest BCUT2D eigenvalue weighted by atomic mass is 19.4. The molecule has 0 aromatic heterocycles. The van der Waals surface area contributed by atoms with Gasteiger partial charge in [-0.1, -0.05) is 18.2 Å².